The average Bonchev–Trinajstić information content (AvgIpc) is 1.67. The van der Waals surface area contributed by atoms with Crippen LogP contribution in [-0.4, -0.2) is 0 Å². The first-order valence-corrected chi connectivity index (χ1v) is 45.4. The minimum atomic E-state index is 0.571. The molecule has 15 aliphatic rings. The SMILES string of the molecule is CC1C(C)(C)CCCC1(C)C.CC1C2CCC(C2)[C@H]1C.CC1CCC(C)(C)CC1.CC1CCCC(C)C1C.CC1CCCC[C@H]1C.CCC1CCCC1.CCC1CCCCC1.C[C@@H]1C2CCC(C2)C1(C)C.C[C@@H]1CCCCC1(C)C.C[C@H]1CC2CCC1(C)C2.C[C@H]1CC2CCC1C2. The maximum Gasteiger partial charge on any atom is -0.0297 e. The van der Waals surface area contributed by atoms with Crippen molar-refractivity contribution >= 4 is 0 Å². The second-order valence-corrected chi connectivity index (χ2v) is 43.5. The standard InChI is InChI=1S/C11H22.C10H18.2C9H16.3C9H18.C8H14.2C8H16.C7H14/c1-9-10(2,3)7-6-8-11(9,4)5;1-7-8-4-5-9(6-8)10(7,2)3;1-7-5-8-3-4-9(7,2)6-8;1-6-7(2)9-4-3-8(6)5-9;1-8-4-6-9(2,3)7-5-8;1-8-6-4-5-7-9(8,2)3;1-7-5-4-6-8(2)9(7)3;1-6-4-7-2-3-8(6)5-7;1-7-5-3-4-6-8(7)2;1-2-8-6-4-3-5-7-8;1-2-7-5-3-4-6-7/h9H,6-8H2,1-5H3;7-9H,4-6H2,1-3H3;7-8H,3-6H2,1-2H3;6-9H,3-5H2,1-2H3;2*8H,4-7H2,1-3H3;7-9H,4-6H2,1-3H3;6-8H,2-5H2,1H3;7-8H,3-6H2,1-2H3;8H,2-7H2,1H3;7H,2-6H2,1H3/t;2*7-,8?,9?;6-,7?,8?,9?;;8-;;6-,7?,8?;7-,8?;;/m.100.1.01../s1. The molecule has 97 heavy (non-hydrogen) atoms. The van der Waals surface area contributed by atoms with Crippen molar-refractivity contribution in [2.75, 3.05) is 0 Å². The lowest BCUT2D eigenvalue weighted by atomic mass is 9.58. The summed E-state index contributed by atoms with van der Waals surface area (Å²) < 4.78 is 0. The molecule has 0 amide bonds. The molecule has 15 fully saturated rings. The molecule has 15 saturated carbocycles. The first kappa shape index (κ1) is 87.6. The van der Waals surface area contributed by atoms with Gasteiger partial charge >= 0.3 is 0 Å². The van der Waals surface area contributed by atoms with Gasteiger partial charge in [0.15, 0.2) is 0 Å². The molecule has 0 nitrogen and oxygen atoms in total. The number of rotatable bonds is 2. The molecule has 0 aromatic rings. The van der Waals surface area contributed by atoms with Crippen LogP contribution in [0.15, 0.2) is 0 Å². The molecule has 0 spiro atoms. The van der Waals surface area contributed by atoms with Crippen molar-refractivity contribution in [1.29, 1.82) is 0 Å². The fraction of sp³-hybridized carbons (Fsp3) is 1.00. The van der Waals surface area contributed by atoms with Gasteiger partial charge in [-0.3, -0.25) is 0 Å². The van der Waals surface area contributed by atoms with Gasteiger partial charge in [0.05, 0.1) is 0 Å². The van der Waals surface area contributed by atoms with Crippen molar-refractivity contribution in [2.24, 2.45) is 163 Å². The smallest absolute Gasteiger partial charge is 0.0297 e. The van der Waals surface area contributed by atoms with E-state index in [-0.39, 0.29) is 0 Å². The molecule has 0 radical (unpaired) electrons. The summed E-state index contributed by atoms with van der Waals surface area (Å²) in [4.78, 5) is 0. The lowest BCUT2D eigenvalue weighted by Gasteiger charge is -2.47. The van der Waals surface area contributed by atoms with Crippen LogP contribution < -0.4 is 0 Å². The molecule has 0 aromatic carbocycles. The quantitative estimate of drug-likeness (QED) is 0.259. The Balaban J connectivity index is 0.000000193. The molecule has 8 bridgehead atoms. The van der Waals surface area contributed by atoms with Crippen LogP contribution in [-0.2, 0) is 0 Å². The Bertz CT molecular complexity index is 1980. The normalized spacial score (nSPS) is 40.4. The van der Waals surface area contributed by atoms with Crippen LogP contribution in [0.2, 0.25) is 0 Å². The van der Waals surface area contributed by atoms with Gasteiger partial charge in [0.25, 0.3) is 0 Å². The summed E-state index contributed by atoms with van der Waals surface area (Å²) in [7, 11) is 0. The topological polar surface area (TPSA) is 0 Å². The van der Waals surface area contributed by atoms with Crippen molar-refractivity contribution in [1.82, 2.24) is 0 Å². The van der Waals surface area contributed by atoms with Crippen molar-refractivity contribution in [3.8, 4) is 0 Å². The summed E-state index contributed by atoms with van der Waals surface area (Å²) in [5, 5.41) is 0. The zero-order valence-corrected chi connectivity index (χ0v) is 72.1. The summed E-state index contributed by atoms with van der Waals surface area (Å²) in [5.74, 6) is 22.9. The van der Waals surface area contributed by atoms with Crippen LogP contribution in [0.5, 0.6) is 0 Å². The molecule has 0 aromatic heterocycles. The Labute approximate surface area is 615 Å². The van der Waals surface area contributed by atoms with E-state index >= 15 is 0 Å². The minimum absolute atomic E-state index is 0.571. The minimum Gasteiger partial charge on any atom is -0.0651 e. The van der Waals surface area contributed by atoms with Gasteiger partial charge in [0.1, 0.15) is 0 Å². The Morgan fingerprint density at radius 1 is 0.289 bits per heavy atom. The third kappa shape index (κ3) is 28.0. The Hall–Kier alpha value is 0. The fourth-order valence-corrected chi connectivity index (χ4v) is 23.5. The number of fused-ring (bicyclic) bond motifs is 8. The van der Waals surface area contributed by atoms with Gasteiger partial charge < -0.3 is 0 Å². The second-order valence-electron chi connectivity index (χ2n) is 43.5. The van der Waals surface area contributed by atoms with Crippen LogP contribution in [0, 0.1) is 163 Å². The van der Waals surface area contributed by atoms with Crippen molar-refractivity contribution in [3.63, 3.8) is 0 Å². The van der Waals surface area contributed by atoms with Crippen LogP contribution in [0.1, 0.15) is 456 Å². The Kier molecular flexibility index (Phi) is 37.2. The number of hydrogen-bond donors (Lipinski definition) is 0. The maximum atomic E-state index is 2.48. The third-order valence-corrected chi connectivity index (χ3v) is 34.7. The van der Waals surface area contributed by atoms with Crippen molar-refractivity contribution in [2.45, 2.75) is 456 Å². The van der Waals surface area contributed by atoms with E-state index in [0.717, 1.165) is 136 Å². The number of hydrogen-bond acceptors (Lipinski definition) is 0. The predicted molar refractivity (Wildman–Crippen MR) is 437 cm³/mol. The predicted octanol–water partition coefficient (Wildman–Crippen LogP) is 32.8. The average molecular weight is 1350 g/mol. The summed E-state index contributed by atoms with van der Waals surface area (Å²) in [5.41, 5.74) is 3.88. The third-order valence-electron chi connectivity index (χ3n) is 34.7. The molecule has 0 aliphatic heterocycles. The van der Waals surface area contributed by atoms with Gasteiger partial charge in [0, 0.05) is 0 Å². The largest absolute Gasteiger partial charge is 0.0651 e. The first-order chi connectivity index (χ1) is 45.4. The Morgan fingerprint density at radius 2 is 0.753 bits per heavy atom. The highest BCUT2D eigenvalue weighted by Gasteiger charge is 2.50. The van der Waals surface area contributed by atoms with Crippen molar-refractivity contribution in [3.05, 3.63) is 0 Å². The van der Waals surface area contributed by atoms with E-state index in [9.17, 15) is 0 Å². The summed E-state index contributed by atoms with van der Waals surface area (Å²) in [6.07, 6.45) is 64.0. The van der Waals surface area contributed by atoms with E-state index in [1.807, 2.05) is 0 Å². The van der Waals surface area contributed by atoms with E-state index in [1.54, 1.807) is 32.1 Å². The second kappa shape index (κ2) is 41.2. The van der Waals surface area contributed by atoms with E-state index < -0.39 is 0 Å². The van der Waals surface area contributed by atoms with Gasteiger partial charge in [-0.2, -0.15) is 0 Å². The molecule has 0 heteroatoms. The van der Waals surface area contributed by atoms with Gasteiger partial charge in [0.2, 0.25) is 0 Å². The molecular formula is C97H186. The van der Waals surface area contributed by atoms with Gasteiger partial charge in [-0.1, -0.05) is 341 Å². The first-order valence-electron chi connectivity index (χ1n) is 45.4. The van der Waals surface area contributed by atoms with E-state index in [2.05, 4.69) is 180 Å². The highest BCUT2D eigenvalue weighted by molar-refractivity contribution is 5.00. The zero-order chi connectivity index (χ0) is 72.1. The lowest BCUT2D eigenvalue weighted by Crippen LogP contribution is -2.38. The van der Waals surface area contributed by atoms with Crippen LogP contribution in [0.4, 0.5) is 0 Å². The molecule has 0 N–H and O–H groups in total. The van der Waals surface area contributed by atoms with E-state index in [4.69, 9.17) is 0 Å². The monoisotopic (exact) mass is 1350 g/mol. The molecule has 12 unspecified atom stereocenters. The highest BCUT2D eigenvalue weighted by atomic mass is 14.6. The Morgan fingerprint density at radius 3 is 1.03 bits per heavy atom. The maximum absolute atomic E-state index is 2.48. The van der Waals surface area contributed by atoms with E-state index in [1.165, 1.54) is 244 Å². The molecule has 0 heterocycles. The molecule has 15 aliphatic carbocycles. The molecule has 0 saturated heterocycles. The van der Waals surface area contributed by atoms with Gasteiger partial charge in [-0.15, -0.1) is 0 Å². The van der Waals surface area contributed by atoms with Gasteiger partial charge in [-0.25, -0.2) is 0 Å². The fourth-order valence-electron chi connectivity index (χ4n) is 23.5. The summed E-state index contributed by atoms with van der Waals surface area (Å²) in [6, 6.07) is 0. The van der Waals surface area contributed by atoms with Gasteiger partial charge in [-0.05, 0) is 278 Å². The zero-order valence-electron chi connectivity index (χ0n) is 72.1. The molecule has 574 valence electrons. The van der Waals surface area contributed by atoms with Crippen LogP contribution >= 0.6 is 0 Å². The van der Waals surface area contributed by atoms with E-state index in [0.29, 0.717) is 27.1 Å². The van der Waals surface area contributed by atoms with Crippen molar-refractivity contribution < 1.29 is 0 Å². The summed E-state index contributed by atoms with van der Waals surface area (Å²) >= 11 is 0. The lowest BCUT2D eigenvalue weighted by molar-refractivity contribution is 0.0286. The highest BCUT2D eigenvalue weighted by Crippen LogP contribution is 2.60. The molecule has 18 atom stereocenters. The summed E-state index contributed by atoms with van der Waals surface area (Å²) in [6.45, 7) is 62.5. The molecule has 15 rings (SSSR count). The molecular weight excluding hydrogens is 1170 g/mol. The van der Waals surface area contributed by atoms with Crippen LogP contribution in [0.3, 0.4) is 0 Å². The van der Waals surface area contributed by atoms with Crippen LogP contribution in [0.25, 0.3) is 0 Å².